The molecule has 0 saturated carbocycles. The summed E-state index contributed by atoms with van der Waals surface area (Å²) in [6, 6.07) is 8.27. The van der Waals surface area contributed by atoms with Gasteiger partial charge in [0.2, 0.25) is 10.0 Å². The standard InChI is InChI=1S/C28H35FN4O5S/c1-27(2,3)39(35,36)31-26(34)22-18-30-33-13-9-20(17-24(22)33)32-12-5-6-23(32)21-16-19(29)7-8-25(21)38-28(4)10-14-37-15-11-28/h7-9,13,16-18,23H,5-6,10-12,14-15H2,1-4H3,(H,31,34)/t23-/m1/s1. The number of rotatable bonds is 6. The molecule has 2 aliphatic heterocycles. The highest BCUT2D eigenvalue weighted by Crippen LogP contribution is 2.42. The summed E-state index contributed by atoms with van der Waals surface area (Å²) in [7, 11) is -3.89. The van der Waals surface area contributed by atoms with E-state index in [1.54, 1.807) is 18.3 Å². The smallest absolute Gasteiger partial charge is 0.268 e. The fourth-order valence-electron chi connectivity index (χ4n) is 5.10. The van der Waals surface area contributed by atoms with Crippen LogP contribution in [0.3, 0.4) is 0 Å². The molecule has 5 rings (SSSR count). The van der Waals surface area contributed by atoms with Crippen molar-refractivity contribution < 1.29 is 27.1 Å². The molecule has 2 saturated heterocycles. The molecule has 4 heterocycles. The van der Waals surface area contributed by atoms with Gasteiger partial charge in [-0.3, -0.25) is 4.79 Å². The Hall–Kier alpha value is -3.18. The van der Waals surface area contributed by atoms with E-state index in [0.717, 1.165) is 43.5 Å². The van der Waals surface area contributed by atoms with E-state index in [4.69, 9.17) is 9.47 Å². The van der Waals surface area contributed by atoms with Crippen molar-refractivity contribution in [2.75, 3.05) is 24.7 Å². The number of carbonyl (C=O) groups is 1. The molecule has 39 heavy (non-hydrogen) atoms. The van der Waals surface area contributed by atoms with Gasteiger partial charge in [0.05, 0.1) is 41.3 Å². The summed E-state index contributed by atoms with van der Waals surface area (Å²) in [5.41, 5.74) is 1.85. The summed E-state index contributed by atoms with van der Waals surface area (Å²) in [6.45, 7) is 8.62. The maximum Gasteiger partial charge on any atom is 0.268 e. The second-order valence-electron chi connectivity index (χ2n) is 11.5. The molecule has 2 fully saturated rings. The van der Waals surface area contributed by atoms with Crippen molar-refractivity contribution in [3.63, 3.8) is 0 Å². The predicted octanol–water partition coefficient (Wildman–Crippen LogP) is 4.62. The number of nitrogens with one attached hydrogen (secondary N) is 1. The zero-order valence-electron chi connectivity index (χ0n) is 22.7. The summed E-state index contributed by atoms with van der Waals surface area (Å²) in [6.07, 6.45) is 6.31. The Labute approximate surface area is 228 Å². The van der Waals surface area contributed by atoms with Crippen molar-refractivity contribution in [3.8, 4) is 5.75 Å². The van der Waals surface area contributed by atoms with Crippen LogP contribution in [0.2, 0.25) is 0 Å². The molecule has 2 aromatic heterocycles. The molecule has 0 aliphatic carbocycles. The molecular weight excluding hydrogens is 523 g/mol. The maximum atomic E-state index is 14.5. The quantitative estimate of drug-likeness (QED) is 0.471. The molecule has 210 valence electrons. The van der Waals surface area contributed by atoms with E-state index in [-0.39, 0.29) is 23.0 Å². The molecule has 0 unspecified atom stereocenters. The van der Waals surface area contributed by atoms with Crippen molar-refractivity contribution in [3.05, 3.63) is 59.7 Å². The van der Waals surface area contributed by atoms with Gasteiger partial charge < -0.3 is 14.4 Å². The first-order valence-corrected chi connectivity index (χ1v) is 14.7. The minimum Gasteiger partial charge on any atom is -0.487 e. The summed E-state index contributed by atoms with van der Waals surface area (Å²) < 4.78 is 54.3. The lowest BCUT2D eigenvalue weighted by Gasteiger charge is -2.36. The topological polar surface area (TPSA) is 102 Å². The highest BCUT2D eigenvalue weighted by molar-refractivity contribution is 7.91. The SMILES string of the molecule is CC1(Oc2ccc(F)cc2[C@H]2CCCN2c2ccn3ncc(C(=O)NS(=O)(=O)C(C)(C)C)c3c2)CCOCC1. The second-order valence-corrected chi connectivity index (χ2v) is 14.0. The Bertz CT molecular complexity index is 1490. The highest BCUT2D eigenvalue weighted by atomic mass is 32.2. The fourth-order valence-corrected chi connectivity index (χ4v) is 5.76. The maximum absolute atomic E-state index is 14.5. The summed E-state index contributed by atoms with van der Waals surface area (Å²) in [4.78, 5) is 15.2. The van der Waals surface area contributed by atoms with Crippen molar-refractivity contribution >= 4 is 27.1 Å². The minimum atomic E-state index is -3.89. The van der Waals surface area contributed by atoms with Crippen LogP contribution in [0.15, 0.2) is 42.7 Å². The lowest BCUT2D eigenvalue weighted by atomic mass is 9.95. The number of pyridine rings is 1. The third-order valence-electron chi connectivity index (χ3n) is 7.61. The van der Waals surface area contributed by atoms with Gasteiger partial charge in [-0.05, 0) is 70.9 Å². The van der Waals surface area contributed by atoms with Crippen LogP contribution in [0.1, 0.15) is 75.3 Å². The predicted molar refractivity (Wildman–Crippen MR) is 146 cm³/mol. The van der Waals surface area contributed by atoms with Crippen LogP contribution in [0.25, 0.3) is 5.52 Å². The van der Waals surface area contributed by atoms with Crippen LogP contribution < -0.4 is 14.4 Å². The zero-order valence-corrected chi connectivity index (χ0v) is 23.6. The van der Waals surface area contributed by atoms with Gasteiger partial charge in [-0.2, -0.15) is 5.10 Å². The molecule has 2 aliphatic rings. The molecule has 9 nitrogen and oxygen atoms in total. The summed E-state index contributed by atoms with van der Waals surface area (Å²) in [5.74, 6) is -0.400. The van der Waals surface area contributed by atoms with Crippen LogP contribution in [0, 0.1) is 5.82 Å². The number of ether oxygens (including phenoxy) is 2. The van der Waals surface area contributed by atoms with E-state index in [1.807, 2.05) is 12.1 Å². The monoisotopic (exact) mass is 558 g/mol. The van der Waals surface area contributed by atoms with E-state index < -0.39 is 20.7 Å². The number of hydrogen-bond acceptors (Lipinski definition) is 7. The van der Waals surface area contributed by atoms with E-state index in [2.05, 4.69) is 21.6 Å². The van der Waals surface area contributed by atoms with Crippen molar-refractivity contribution in [1.29, 1.82) is 0 Å². The first-order valence-electron chi connectivity index (χ1n) is 13.2. The molecule has 0 radical (unpaired) electrons. The number of benzene rings is 1. The van der Waals surface area contributed by atoms with Gasteiger partial charge in [0, 0.05) is 36.8 Å². The highest BCUT2D eigenvalue weighted by Gasteiger charge is 2.35. The number of sulfonamides is 1. The second kappa shape index (κ2) is 10.1. The van der Waals surface area contributed by atoms with E-state index in [9.17, 15) is 17.6 Å². The van der Waals surface area contributed by atoms with Gasteiger partial charge in [0.15, 0.2) is 0 Å². The molecule has 3 aromatic rings. The molecule has 1 atom stereocenters. The summed E-state index contributed by atoms with van der Waals surface area (Å²) >= 11 is 0. The van der Waals surface area contributed by atoms with Gasteiger partial charge in [0.25, 0.3) is 5.91 Å². The molecular formula is C28H35FN4O5S. The van der Waals surface area contributed by atoms with Crippen LogP contribution in [-0.2, 0) is 14.8 Å². The van der Waals surface area contributed by atoms with Crippen LogP contribution in [-0.4, -0.2) is 54.0 Å². The Balaban J connectivity index is 1.47. The van der Waals surface area contributed by atoms with Crippen LogP contribution >= 0.6 is 0 Å². The Morgan fingerprint density at radius 2 is 1.95 bits per heavy atom. The number of halogens is 1. The average Bonchev–Trinajstić information content (AvgIpc) is 3.51. The number of amides is 1. The lowest BCUT2D eigenvalue weighted by molar-refractivity contribution is -0.0349. The largest absolute Gasteiger partial charge is 0.487 e. The zero-order chi connectivity index (χ0) is 28.0. The van der Waals surface area contributed by atoms with Gasteiger partial charge in [-0.15, -0.1) is 0 Å². The van der Waals surface area contributed by atoms with Gasteiger partial charge >= 0.3 is 0 Å². The van der Waals surface area contributed by atoms with Crippen molar-refractivity contribution in [2.45, 2.75) is 69.8 Å². The third kappa shape index (κ3) is 5.47. The molecule has 1 N–H and O–H groups in total. The number of nitrogens with zero attached hydrogens (tertiary/aromatic N) is 3. The molecule has 1 amide bonds. The van der Waals surface area contributed by atoms with Gasteiger partial charge in [0.1, 0.15) is 17.2 Å². The first kappa shape index (κ1) is 27.4. The van der Waals surface area contributed by atoms with E-state index in [0.29, 0.717) is 24.5 Å². The Morgan fingerprint density at radius 3 is 2.67 bits per heavy atom. The Morgan fingerprint density at radius 1 is 1.21 bits per heavy atom. The number of carbonyl (C=O) groups excluding carboxylic acids is 1. The molecule has 11 heteroatoms. The number of hydrogen-bond donors (Lipinski definition) is 1. The van der Waals surface area contributed by atoms with E-state index >= 15 is 0 Å². The third-order valence-corrected chi connectivity index (χ3v) is 9.67. The van der Waals surface area contributed by atoms with Crippen molar-refractivity contribution in [2.24, 2.45) is 0 Å². The Kier molecular flexibility index (Phi) is 7.09. The summed E-state index contributed by atoms with van der Waals surface area (Å²) in [5, 5.41) is 4.24. The van der Waals surface area contributed by atoms with Crippen molar-refractivity contribution in [1.82, 2.24) is 14.3 Å². The number of anilines is 1. The molecule has 0 bridgehead atoms. The lowest BCUT2D eigenvalue weighted by Crippen LogP contribution is -2.42. The van der Waals surface area contributed by atoms with Gasteiger partial charge in [-0.25, -0.2) is 22.0 Å². The average molecular weight is 559 g/mol. The van der Waals surface area contributed by atoms with Crippen LogP contribution in [0.5, 0.6) is 5.75 Å². The van der Waals surface area contributed by atoms with Crippen LogP contribution in [0.4, 0.5) is 10.1 Å². The normalized spacial score (nSPS) is 19.8. The van der Waals surface area contributed by atoms with Gasteiger partial charge in [-0.1, -0.05) is 0 Å². The number of aromatic nitrogens is 2. The fraction of sp³-hybridized carbons (Fsp3) is 0.500. The molecule has 0 spiro atoms. The minimum absolute atomic E-state index is 0.136. The van der Waals surface area contributed by atoms with E-state index in [1.165, 1.54) is 37.5 Å². The molecule has 1 aromatic carbocycles. The first-order chi connectivity index (χ1) is 18.4. The number of fused-ring (bicyclic) bond motifs is 1.